The average Bonchev–Trinajstić information content (AvgIpc) is 2.14. The second-order valence-corrected chi connectivity index (χ2v) is 2.79. The van der Waals surface area contributed by atoms with Crippen molar-refractivity contribution in [2.75, 3.05) is 19.8 Å². The van der Waals surface area contributed by atoms with Gasteiger partial charge in [0.1, 0.15) is 0 Å². The summed E-state index contributed by atoms with van der Waals surface area (Å²) in [6.07, 6.45) is 4.08. The molecule has 13 heavy (non-hydrogen) atoms. The Labute approximate surface area is 80.2 Å². The molecule has 76 valence electrons. The van der Waals surface area contributed by atoms with Crippen LogP contribution in [0.1, 0.15) is 26.2 Å². The van der Waals surface area contributed by atoms with E-state index in [0.717, 1.165) is 19.4 Å². The van der Waals surface area contributed by atoms with Crippen LogP contribution in [-0.4, -0.2) is 25.7 Å². The van der Waals surface area contributed by atoms with Gasteiger partial charge in [0.05, 0.1) is 13.2 Å². The van der Waals surface area contributed by atoms with Crippen molar-refractivity contribution >= 4 is 5.91 Å². The number of rotatable bonds is 8. The molecule has 0 heterocycles. The number of hydrogen-bond donors (Lipinski definition) is 1. The molecule has 0 radical (unpaired) electrons. The topological polar surface area (TPSA) is 38.3 Å². The monoisotopic (exact) mass is 185 g/mol. The third-order valence-electron chi connectivity index (χ3n) is 1.51. The molecule has 0 aromatic rings. The molecule has 0 atom stereocenters. The van der Waals surface area contributed by atoms with Crippen LogP contribution in [-0.2, 0) is 9.53 Å². The molecule has 1 N–H and O–H groups in total. The van der Waals surface area contributed by atoms with Gasteiger partial charge in [-0.3, -0.25) is 4.79 Å². The number of carbonyl (C=O) groups excluding carboxylic acids is 1. The zero-order valence-corrected chi connectivity index (χ0v) is 8.34. The van der Waals surface area contributed by atoms with E-state index in [-0.39, 0.29) is 5.91 Å². The van der Waals surface area contributed by atoms with Crippen molar-refractivity contribution < 1.29 is 9.53 Å². The van der Waals surface area contributed by atoms with Crippen molar-refractivity contribution in [3.05, 3.63) is 12.7 Å². The predicted molar refractivity (Wildman–Crippen MR) is 53.6 cm³/mol. The van der Waals surface area contributed by atoms with Gasteiger partial charge in [-0.2, -0.15) is 0 Å². The van der Waals surface area contributed by atoms with Gasteiger partial charge < -0.3 is 10.1 Å². The Morgan fingerprint density at radius 1 is 1.54 bits per heavy atom. The normalized spacial score (nSPS) is 9.62. The minimum atomic E-state index is 0.0699. The summed E-state index contributed by atoms with van der Waals surface area (Å²) in [7, 11) is 0. The number of carbonyl (C=O) groups is 1. The third kappa shape index (κ3) is 9.08. The van der Waals surface area contributed by atoms with Gasteiger partial charge in [-0.15, -0.1) is 6.58 Å². The van der Waals surface area contributed by atoms with E-state index in [0.29, 0.717) is 19.6 Å². The second kappa shape index (κ2) is 9.26. The first kappa shape index (κ1) is 12.2. The van der Waals surface area contributed by atoms with E-state index in [1.54, 1.807) is 6.08 Å². The molecule has 0 aliphatic carbocycles. The highest BCUT2D eigenvalue weighted by atomic mass is 16.5. The molecule has 0 aromatic heterocycles. The van der Waals surface area contributed by atoms with Gasteiger partial charge >= 0.3 is 0 Å². The lowest BCUT2D eigenvalue weighted by molar-refractivity contribution is -0.122. The van der Waals surface area contributed by atoms with E-state index in [9.17, 15) is 4.79 Å². The summed E-state index contributed by atoms with van der Waals surface area (Å²) in [6, 6.07) is 0. The summed E-state index contributed by atoms with van der Waals surface area (Å²) in [5.41, 5.74) is 0. The van der Waals surface area contributed by atoms with E-state index in [4.69, 9.17) is 4.74 Å². The molecule has 0 spiro atoms. The fraction of sp³-hybridized carbons (Fsp3) is 0.700. The molecule has 0 fully saturated rings. The van der Waals surface area contributed by atoms with E-state index in [1.165, 1.54) is 0 Å². The number of nitrogens with one attached hydrogen (secondary N) is 1. The zero-order chi connectivity index (χ0) is 9.94. The molecule has 0 rings (SSSR count). The van der Waals surface area contributed by atoms with Crippen molar-refractivity contribution in [3.63, 3.8) is 0 Å². The summed E-state index contributed by atoms with van der Waals surface area (Å²) in [4.78, 5) is 11.0. The van der Waals surface area contributed by atoms with Crippen molar-refractivity contribution in [1.29, 1.82) is 0 Å². The molecule has 0 aliphatic heterocycles. The summed E-state index contributed by atoms with van der Waals surface area (Å²) in [6.45, 7) is 7.52. The van der Waals surface area contributed by atoms with Gasteiger partial charge in [-0.05, 0) is 12.8 Å². The third-order valence-corrected chi connectivity index (χ3v) is 1.51. The van der Waals surface area contributed by atoms with Gasteiger partial charge in [-0.1, -0.05) is 13.0 Å². The summed E-state index contributed by atoms with van der Waals surface area (Å²) in [5.74, 6) is 0.0699. The van der Waals surface area contributed by atoms with Crippen LogP contribution in [0.2, 0.25) is 0 Å². The first-order valence-corrected chi connectivity index (χ1v) is 4.76. The second-order valence-electron chi connectivity index (χ2n) is 2.79. The van der Waals surface area contributed by atoms with Crippen LogP contribution >= 0.6 is 0 Å². The molecular formula is C10H19NO2. The van der Waals surface area contributed by atoms with Crippen LogP contribution in [0.25, 0.3) is 0 Å². The molecule has 0 saturated carbocycles. The maximum absolute atomic E-state index is 11.0. The lowest BCUT2D eigenvalue weighted by atomic mass is 10.4. The fourth-order valence-corrected chi connectivity index (χ4v) is 0.786. The standard InChI is InChI=1S/C10H19NO2/c1-3-5-8-13-9-6-10(12)11-7-4-2/h3H,1,4-9H2,2H3,(H,11,12). The molecular weight excluding hydrogens is 166 g/mol. The SMILES string of the molecule is C=CCCOCCC(=O)NCCC. The predicted octanol–water partition coefficient (Wildman–Crippen LogP) is 1.50. The van der Waals surface area contributed by atoms with Crippen molar-refractivity contribution in [3.8, 4) is 0 Å². The van der Waals surface area contributed by atoms with Crippen LogP contribution < -0.4 is 5.32 Å². The molecule has 0 aromatic carbocycles. The molecule has 0 bridgehead atoms. The van der Waals surface area contributed by atoms with Gasteiger partial charge in [0, 0.05) is 13.0 Å². The van der Waals surface area contributed by atoms with Crippen LogP contribution in [0.3, 0.4) is 0 Å². The van der Waals surface area contributed by atoms with Gasteiger partial charge in [-0.25, -0.2) is 0 Å². The molecule has 0 unspecified atom stereocenters. The number of amides is 1. The maximum atomic E-state index is 11.0. The molecule has 0 saturated heterocycles. The zero-order valence-electron chi connectivity index (χ0n) is 8.34. The Morgan fingerprint density at radius 3 is 2.92 bits per heavy atom. The minimum absolute atomic E-state index is 0.0699. The first-order valence-electron chi connectivity index (χ1n) is 4.76. The maximum Gasteiger partial charge on any atom is 0.222 e. The Hall–Kier alpha value is -0.830. The molecule has 1 amide bonds. The van der Waals surface area contributed by atoms with E-state index >= 15 is 0 Å². The largest absolute Gasteiger partial charge is 0.381 e. The van der Waals surface area contributed by atoms with Crippen molar-refractivity contribution in [2.24, 2.45) is 0 Å². The van der Waals surface area contributed by atoms with Crippen LogP contribution in [0.4, 0.5) is 0 Å². The smallest absolute Gasteiger partial charge is 0.222 e. The van der Waals surface area contributed by atoms with Crippen LogP contribution in [0.15, 0.2) is 12.7 Å². The van der Waals surface area contributed by atoms with Crippen LogP contribution in [0.5, 0.6) is 0 Å². The summed E-state index contributed by atoms with van der Waals surface area (Å²) < 4.78 is 5.19. The lowest BCUT2D eigenvalue weighted by Gasteiger charge is -2.03. The first-order chi connectivity index (χ1) is 6.31. The highest BCUT2D eigenvalue weighted by molar-refractivity contribution is 5.75. The Kier molecular flexibility index (Phi) is 8.67. The summed E-state index contributed by atoms with van der Waals surface area (Å²) in [5, 5.41) is 2.78. The van der Waals surface area contributed by atoms with E-state index in [2.05, 4.69) is 11.9 Å². The molecule has 0 aliphatic rings. The van der Waals surface area contributed by atoms with Gasteiger partial charge in [0.25, 0.3) is 0 Å². The number of hydrogen-bond acceptors (Lipinski definition) is 2. The van der Waals surface area contributed by atoms with Crippen LogP contribution in [0, 0.1) is 0 Å². The lowest BCUT2D eigenvalue weighted by Crippen LogP contribution is -2.25. The van der Waals surface area contributed by atoms with Crippen molar-refractivity contribution in [1.82, 2.24) is 5.32 Å². The highest BCUT2D eigenvalue weighted by Crippen LogP contribution is 1.87. The molecule has 3 heteroatoms. The van der Waals surface area contributed by atoms with Gasteiger partial charge in [0.15, 0.2) is 0 Å². The van der Waals surface area contributed by atoms with Gasteiger partial charge in [0.2, 0.25) is 5.91 Å². The Balaban J connectivity index is 3.12. The van der Waals surface area contributed by atoms with E-state index < -0.39 is 0 Å². The number of ether oxygens (including phenoxy) is 1. The fourth-order valence-electron chi connectivity index (χ4n) is 0.786. The highest BCUT2D eigenvalue weighted by Gasteiger charge is 1.98. The minimum Gasteiger partial charge on any atom is -0.381 e. The van der Waals surface area contributed by atoms with Crippen molar-refractivity contribution in [2.45, 2.75) is 26.2 Å². The Bertz CT molecular complexity index is 146. The summed E-state index contributed by atoms with van der Waals surface area (Å²) >= 11 is 0. The Morgan fingerprint density at radius 2 is 2.31 bits per heavy atom. The van der Waals surface area contributed by atoms with E-state index in [1.807, 2.05) is 6.92 Å². The quantitative estimate of drug-likeness (QED) is 0.459. The average molecular weight is 185 g/mol. The molecule has 3 nitrogen and oxygen atoms in total.